The first kappa shape index (κ1) is 23.9. The van der Waals surface area contributed by atoms with Crippen LogP contribution in [0.25, 0.3) is 22.4 Å². The zero-order valence-electron chi connectivity index (χ0n) is 18.7. The van der Waals surface area contributed by atoms with E-state index >= 15 is 0 Å². The van der Waals surface area contributed by atoms with E-state index in [-0.39, 0.29) is 4.90 Å². The van der Waals surface area contributed by atoms with Gasteiger partial charge in [0.15, 0.2) is 0 Å². The molecule has 9 heteroatoms. The number of nitrogens with two attached hydrogens (primary N) is 1. The van der Waals surface area contributed by atoms with Crippen molar-refractivity contribution in [1.29, 1.82) is 5.26 Å². The fourth-order valence-corrected chi connectivity index (χ4v) is 4.09. The van der Waals surface area contributed by atoms with E-state index in [0.29, 0.717) is 46.1 Å². The maximum absolute atomic E-state index is 13.6. The van der Waals surface area contributed by atoms with Crippen molar-refractivity contribution >= 4 is 15.8 Å². The van der Waals surface area contributed by atoms with Crippen molar-refractivity contribution in [2.75, 3.05) is 12.4 Å². The van der Waals surface area contributed by atoms with Crippen LogP contribution in [-0.4, -0.2) is 20.5 Å². The van der Waals surface area contributed by atoms with Gasteiger partial charge in [-0.25, -0.2) is 22.9 Å². The quantitative estimate of drug-likeness (QED) is 0.389. The average molecular weight is 489 g/mol. The standard InChI is InChI=1S/C26H21FN4O3S/c1-34-22-4-2-3-17(13-22)16-30-26-20(15-28)14-24(18-7-11-23(12-8-18)35(29,32)33)25(31-26)19-5-9-21(27)10-6-19/h2-14H,16H2,1H3,(H,30,31)(H2,29,32,33). The molecule has 0 spiro atoms. The van der Waals surface area contributed by atoms with Crippen LogP contribution in [0.1, 0.15) is 11.1 Å². The summed E-state index contributed by atoms with van der Waals surface area (Å²) in [4.78, 5) is 4.69. The molecule has 3 aromatic carbocycles. The smallest absolute Gasteiger partial charge is 0.238 e. The van der Waals surface area contributed by atoms with Crippen molar-refractivity contribution in [3.63, 3.8) is 0 Å². The molecule has 0 amide bonds. The van der Waals surface area contributed by atoms with Gasteiger partial charge in [-0.15, -0.1) is 0 Å². The number of methoxy groups -OCH3 is 1. The minimum atomic E-state index is -3.86. The van der Waals surface area contributed by atoms with E-state index in [0.717, 1.165) is 5.56 Å². The Kier molecular flexibility index (Phi) is 6.78. The number of ether oxygens (including phenoxy) is 1. The second-order valence-electron chi connectivity index (χ2n) is 7.67. The van der Waals surface area contributed by atoms with Gasteiger partial charge in [0, 0.05) is 17.7 Å². The number of rotatable bonds is 7. The molecule has 0 aliphatic rings. The van der Waals surface area contributed by atoms with E-state index in [9.17, 15) is 18.1 Å². The second kappa shape index (κ2) is 9.93. The largest absolute Gasteiger partial charge is 0.497 e. The van der Waals surface area contributed by atoms with E-state index in [1.54, 1.807) is 37.4 Å². The van der Waals surface area contributed by atoms with Crippen LogP contribution in [0.15, 0.2) is 83.8 Å². The van der Waals surface area contributed by atoms with E-state index in [2.05, 4.69) is 11.4 Å². The maximum Gasteiger partial charge on any atom is 0.238 e. The zero-order chi connectivity index (χ0) is 25.0. The van der Waals surface area contributed by atoms with Crippen LogP contribution in [0.3, 0.4) is 0 Å². The maximum atomic E-state index is 13.6. The van der Waals surface area contributed by atoms with E-state index in [4.69, 9.17) is 14.9 Å². The molecular formula is C26H21FN4O3S. The minimum Gasteiger partial charge on any atom is -0.497 e. The summed E-state index contributed by atoms with van der Waals surface area (Å²) in [7, 11) is -2.27. The van der Waals surface area contributed by atoms with Gasteiger partial charge in [0.2, 0.25) is 10.0 Å². The number of aromatic nitrogens is 1. The lowest BCUT2D eigenvalue weighted by Gasteiger charge is -2.15. The molecule has 0 saturated carbocycles. The number of pyridine rings is 1. The van der Waals surface area contributed by atoms with Crippen LogP contribution >= 0.6 is 0 Å². The normalized spacial score (nSPS) is 11.0. The van der Waals surface area contributed by atoms with Gasteiger partial charge in [-0.2, -0.15) is 5.26 Å². The third kappa shape index (κ3) is 5.46. The average Bonchev–Trinajstić information content (AvgIpc) is 2.87. The molecule has 1 heterocycles. The molecule has 0 unspecified atom stereocenters. The van der Waals surface area contributed by atoms with Crippen molar-refractivity contribution < 1.29 is 17.5 Å². The van der Waals surface area contributed by atoms with Crippen LogP contribution in [0.4, 0.5) is 10.2 Å². The van der Waals surface area contributed by atoms with Crippen LogP contribution in [0, 0.1) is 17.1 Å². The van der Waals surface area contributed by atoms with Gasteiger partial charge in [0.25, 0.3) is 0 Å². The topological polar surface area (TPSA) is 118 Å². The van der Waals surface area contributed by atoms with Crippen LogP contribution in [-0.2, 0) is 16.6 Å². The lowest BCUT2D eigenvalue weighted by Crippen LogP contribution is -2.11. The molecule has 4 rings (SSSR count). The molecule has 0 fully saturated rings. The van der Waals surface area contributed by atoms with Gasteiger partial charge >= 0.3 is 0 Å². The molecular weight excluding hydrogens is 467 g/mol. The van der Waals surface area contributed by atoms with Gasteiger partial charge in [-0.05, 0) is 65.7 Å². The summed E-state index contributed by atoms with van der Waals surface area (Å²) in [6.45, 7) is 0.393. The Morgan fingerprint density at radius 2 is 1.71 bits per heavy atom. The zero-order valence-corrected chi connectivity index (χ0v) is 19.5. The summed E-state index contributed by atoms with van der Waals surface area (Å²) < 4.78 is 42.1. The number of halogens is 1. The van der Waals surface area contributed by atoms with Crippen molar-refractivity contribution in [1.82, 2.24) is 4.98 Å². The number of nitriles is 1. The van der Waals surface area contributed by atoms with Gasteiger partial charge in [-0.3, -0.25) is 0 Å². The van der Waals surface area contributed by atoms with Gasteiger partial charge in [0.1, 0.15) is 23.5 Å². The number of nitrogens with zero attached hydrogens (tertiary/aromatic N) is 2. The molecule has 0 aliphatic heterocycles. The lowest BCUT2D eigenvalue weighted by molar-refractivity contribution is 0.414. The number of sulfonamides is 1. The molecule has 35 heavy (non-hydrogen) atoms. The summed E-state index contributed by atoms with van der Waals surface area (Å²) in [5.74, 6) is 0.681. The van der Waals surface area contributed by atoms with Crippen LogP contribution < -0.4 is 15.2 Å². The summed E-state index contributed by atoms with van der Waals surface area (Å²) in [6, 6.07) is 23.1. The first-order valence-electron chi connectivity index (χ1n) is 10.5. The van der Waals surface area contributed by atoms with E-state index < -0.39 is 15.8 Å². The predicted molar refractivity (Wildman–Crippen MR) is 131 cm³/mol. The number of hydrogen-bond acceptors (Lipinski definition) is 6. The highest BCUT2D eigenvalue weighted by atomic mass is 32.2. The number of benzene rings is 3. The Bertz CT molecular complexity index is 1510. The van der Waals surface area contributed by atoms with Crippen molar-refractivity contribution in [3.8, 4) is 34.2 Å². The Morgan fingerprint density at radius 1 is 1.03 bits per heavy atom. The Hall–Kier alpha value is -4.26. The minimum absolute atomic E-state index is 0.0328. The van der Waals surface area contributed by atoms with Crippen molar-refractivity contribution in [2.24, 2.45) is 5.14 Å². The summed E-state index contributed by atoms with van der Waals surface area (Å²) in [5.41, 5.74) is 3.57. The van der Waals surface area contributed by atoms with Crippen LogP contribution in [0.2, 0.25) is 0 Å². The van der Waals surface area contributed by atoms with Crippen molar-refractivity contribution in [3.05, 3.63) is 95.8 Å². The number of hydrogen-bond donors (Lipinski definition) is 2. The summed E-state index contributed by atoms with van der Waals surface area (Å²) in [5, 5.41) is 18.2. The fraction of sp³-hybridized carbons (Fsp3) is 0.0769. The highest BCUT2D eigenvalue weighted by Gasteiger charge is 2.16. The summed E-state index contributed by atoms with van der Waals surface area (Å²) in [6.07, 6.45) is 0. The molecule has 0 radical (unpaired) electrons. The third-order valence-electron chi connectivity index (χ3n) is 5.35. The first-order chi connectivity index (χ1) is 16.8. The number of nitrogens with one attached hydrogen (secondary N) is 1. The molecule has 7 nitrogen and oxygen atoms in total. The van der Waals surface area contributed by atoms with Gasteiger partial charge in [-0.1, -0.05) is 24.3 Å². The molecule has 0 bridgehead atoms. The first-order valence-corrected chi connectivity index (χ1v) is 12.0. The van der Waals surface area contributed by atoms with Crippen LogP contribution in [0.5, 0.6) is 5.75 Å². The fourth-order valence-electron chi connectivity index (χ4n) is 3.57. The Morgan fingerprint density at radius 3 is 2.34 bits per heavy atom. The Labute approximate surface area is 202 Å². The predicted octanol–water partition coefficient (Wildman–Crippen LogP) is 4.69. The Balaban J connectivity index is 1.80. The van der Waals surface area contributed by atoms with Crippen molar-refractivity contribution in [2.45, 2.75) is 11.4 Å². The summed E-state index contributed by atoms with van der Waals surface area (Å²) >= 11 is 0. The van der Waals surface area contributed by atoms with E-state index in [1.165, 1.54) is 24.3 Å². The van der Waals surface area contributed by atoms with Gasteiger partial charge in [0.05, 0.1) is 23.3 Å². The third-order valence-corrected chi connectivity index (χ3v) is 6.28. The molecule has 3 N–H and O–H groups in total. The number of anilines is 1. The number of primary sulfonamides is 1. The molecule has 0 aliphatic carbocycles. The second-order valence-corrected chi connectivity index (χ2v) is 9.24. The monoisotopic (exact) mass is 488 g/mol. The highest BCUT2D eigenvalue weighted by molar-refractivity contribution is 7.89. The molecule has 0 atom stereocenters. The molecule has 4 aromatic rings. The highest BCUT2D eigenvalue weighted by Crippen LogP contribution is 2.34. The van der Waals surface area contributed by atoms with Gasteiger partial charge < -0.3 is 10.1 Å². The van der Waals surface area contributed by atoms with E-state index in [1.807, 2.05) is 24.3 Å². The molecule has 1 aromatic heterocycles. The lowest BCUT2D eigenvalue weighted by atomic mass is 9.97. The SMILES string of the molecule is COc1cccc(CNc2nc(-c3ccc(F)cc3)c(-c3ccc(S(N)(=O)=O)cc3)cc2C#N)c1. The molecule has 0 saturated heterocycles. The molecule has 176 valence electrons.